The van der Waals surface area contributed by atoms with E-state index in [2.05, 4.69) is 80.3 Å². The van der Waals surface area contributed by atoms with E-state index in [0.29, 0.717) is 6.04 Å². The molecule has 0 aliphatic heterocycles. The molecule has 0 spiro atoms. The molecule has 3 heteroatoms. The summed E-state index contributed by atoms with van der Waals surface area (Å²) in [5, 5.41) is 3.44. The lowest BCUT2D eigenvalue weighted by molar-refractivity contribution is 0.597. The van der Waals surface area contributed by atoms with Crippen molar-refractivity contribution in [1.82, 2.24) is 10.3 Å². The lowest BCUT2D eigenvalue weighted by atomic mass is 10.1. The number of hydrogen-bond acceptors (Lipinski definition) is 3. The summed E-state index contributed by atoms with van der Waals surface area (Å²) in [6.07, 6.45) is 1.89. The molecule has 0 aliphatic rings. The SMILES string of the molecule is CCNC(C)c1ccnc(N(C)c2cc(C)cc(C)c2)c1. The molecule has 1 aromatic heterocycles. The zero-order chi connectivity index (χ0) is 15.4. The van der Waals surface area contributed by atoms with E-state index in [1.807, 2.05) is 6.20 Å². The molecule has 112 valence electrons. The van der Waals surface area contributed by atoms with Crippen LogP contribution in [0.3, 0.4) is 0 Å². The largest absolute Gasteiger partial charge is 0.329 e. The van der Waals surface area contributed by atoms with Gasteiger partial charge in [-0.15, -0.1) is 0 Å². The zero-order valence-corrected chi connectivity index (χ0v) is 13.6. The van der Waals surface area contributed by atoms with Crippen molar-refractivity contribution in [3.05, 3.63) is 53.2 Å². The summed E-state index contributed by atoms with van der Waals surface area (Å²) >= 11 is 0. The van der Waals surface area contributed by atoms with Gasteiger partial charge in [0.25, 0.3) is 0 Å². The minimum Gasteiger partial charge on any atom is -0.329 e. The van der Waals surface area contributed by atoms with E-state index in [1.165, 1.54) is 22.4 Å². The maximum atomic E-state index is 4.52. The maximum Gasteiger partial charge on any atom is 0.132 e. The maximum absolute atomic E-state index is 4.52. The Bertz CT molecular complexity index is 587. The Morgan fingerprint density at radius 2 is 1.81 bits per heavy atom. The first kappa shape index (κ1) is 15.5. The predicted molar refractivity (Wildman–Crippen MR) is 90.3 cm³/mol. The molecule has 0 bridgehead atoms. The highest BCUT2D eigenvalue weighted by atomic mass is 15.2. The third kappa shape index (κ3) is 3.82. The number of rotatable bonds is 5. The Morgan fingerprint density at radius 3 is 2.43 bits per heavy atom. The second-order valence-corrected chi connectivity index (χ2v) is 5.63. The summed E-state index contributed by atoms with van der Waals surface area (Å²) in [5.41, 5.74) is 4.98. The molecule has 0 aliphatic carbocycles. The molecule has 0 fully saturated rings. The number of nitrogens with zero attached hydrogens (tertiary/aromatic N) is 2. The molecule has 0 amide bonds. The van der Waals surface area contributed by atoms with E-state index in [4.69, 9.17) is 0 Å². The summed E-state index contributed by atoms with van der Waals surface area (Å²) in [6.45, 7) is 9.52. The number of pyridine rings is 1. The molecule has 1 atom stereocenters. The van der Waals surface area contributed by atoms with Crippen LogP contribution in [0.1, 0.15) is 36.6 Å². The first-order valence-corrected chi connectivity index (χ1v) is 7.52. The van der Waals surface area contributed by atoms with Gasteiger partial charge in [-0.2, -0.15) is 0 Å². The molecule has 1 aromatic carbocycles. The van der Waals surface area contributed by atoms with Gasteiger partial charge < -0.3 is 10.2 Å². The second-order valence-electron chi connectivity index (χ2n) is 5.63. The van der Waals surface area contributed by atoms with E-state index in [-0.39, 0.29) is 0 Å². The van der Waals surface area contributed by atoms with Crippen LogP contribution in [0.25, 0.3) is 0 Å². The predicted octanol–water partition coefficient (Wildman–Crippen LogP) is 4.14. The van der Waals surface area contributed by atoms with Crippen LogP contribution in [-0.4, -0.2) is 18.6 Å². The Kier molecular flexibility index (Phi) is 4.97. The van der Waals surface area contributed by atoms with Crippen LogP contribution in [0.4, 0.5) is 11.5 Å². The van der Waals surface area contributed by atoms with Gasteiger partial charge >= 0.3 is 0 Å². The highest BCUT2D eigenvalue weighted by molar-refractivity contribution is 5.61. The Balaban J connectivity index is 2.30. The van der Waals surface area contributed by atoms with Crippen molar-refractivity contribution >= 4 is 11.5 Å². The van der Waals surface area contributed by atoms with Gasteiger partial charge in [0.1, 0.15) is 5.82 Å². The molecular weight excluding hydrogens is 258 g/mol. The fraction of sp³-hybridized carbons (Fsp3) is 0.389. The van der Waals surface area contributed by atoms with Crippen molar-refractivity contribution in [2.45, 2.75) is 33.7 Å². The topological polar surface area (TPSA) is 28.2 Å². The minimum atomic E-state index is 0.337. The Morgan fingerprint density at radius 1 is 1.14 bits per heavy atom. The molecule has 0 saturated carbocycles. The smallest absolute Gasteiger partial charge is 0.132 e. The summed E-state index contributed by atoms with van der Waals surface area (Å²) in [6, 6.07) is 11.1. The molecular formula is C18H25N3. The van der Waals surface area contributed by atoms with Crippen molar-refractivity contribution in [3.8, 4) is 0 Å². The Hall–Kier alpha value is -1.87. The van der Waals surface area contributed by atoms with Crippen molar-refractivity contribution in [2.75, 3.05) is 18.5 Å². The lowest BCUT2D eigenvalue weighted by Gasteiger charge is -2.21. The highest BCUT2D eigenvalue weighted by Crippen LogP contribution is 2.25. The average Bonchev–Trinajstić information content (AvgIpc) is 2.46. The van der Waals surface area contributed by atoms with Crippen LogP contribution in [0, 0.1) is 13.8 Å². The summed E-state index contributed by atoms with van der Waals surface area (Å²) in [7, 11) is 2.07. The van der Waals surface area contributed by atoms with Crippen LogP contribution in [0.5, 0.6) is 0 Å². The molecule has 0 saturated heterocycles. The fourth-order valence-electron chi connectivity index (χ4n) is 2.59. The van der Waals surface area contributed by atoms with Gasteiger partial charge in [0, 0.05) is 25.0 Å². The van der Waals surface area contributed by atoms with Crippen LogP contribution in [0.2, 0.25) is 0 Å². The van der Waals surface area contributed by atoms with E-state index in [0.717, 1.165) is 12.4 Å². The third-order valence-electron chi connectivity index (χ3n) is 3.72. The summed E-state index contributed by atoms with van der Waals surface area (Å²) in [4.78, 5) is 6.66. The fourth-order valence-corrected chi connectivity index (χ4v) is 2.59. The molecule has 2 aromatic rings. The first-order chi connectivity index (χ1) is 10.0. The molecule has 3 nitrogen and oxygen atoms in total. The van der Waals surface area contributed by atoms with Gasteiger partial charge in [-0.3, -0.25) is 0 Å². The van der Waals surface area contributed by atoms with E-state index >= 15 is 0 Å². The van der Waals surface area contributed by atoms with Gasteiger partial charge in [0.15, 0.2) is 0 Å². The van der Waals surface area contributed by atoms with Gasteiger partial charge in [0.05, 0.1) is 0 Å². The molecule has 21 heavy (non-hydrogen) atoms. The van der Waals surface area contributed by atoms with Crippen molar-refractivity contribution in [1.29, 1.82) is 0 Å². The van der Waals surface area contributed by atoms with Crippen molar-refractivity contribution in [2.24, 2.45) is 0 Å². The third-order valence-corrected chi connectivity index (χ3v) is 3.72. The van der Waals surface area contributed by atoms with Crippen LogP contribution < -0.4 is 10.2 Å². The number of aryl methyl sites for hydroxylation is 2. The number of hydrogen-bond donors (Lipinski definition) is 1. The van der Waals surface area contributed by atoms with Gasteiger partial charge in [0.2, 0.25) is 0 Å². The second kappa shape index (κ2) is 6.72. The Labute approximate surface area is 128 Å². The lowest BCUT2D eigenvalue weighted by Crippen LogP contribution is -2.18. The van der Waals surface area contributed by atoms with Crippen molar-refractivity contribution < 1.29 is 0 Å². The normalized spacial score (nSPS) is 12.2. The molecule has 1 heterocycles. The van der Waals surface area contributed by atoms with Gasteiger partial charge in [-0.1, -0.05) is 13.0 Å². The average molecular weight is 283 g/mol. The number of aromatic nitrogens is 1. The summed E-state index contributed by atoms with van der Waals surface area (Å²) < 4.78 is 0. The monoisotopic (exact) mass is 283 g/mol. The number of nitrogens with one attached hydrogen (secondary N) is 1. The van der Waals surface area contributed by atoms with Crippen LogP contribution in [0.15, 0.2) is 36.5 Å². The molecule has 2 rings (SSSR count). The van der Waals surface area contributed by atoms with Crippen LogP contribution >= 0.6 is 0 Å². The van der Waals surface area contributed by atoms with E-state index in [1.54, 1.807) is 0 Å². The van der Waals surface area contributed by atoms with E-state index in [9.17, 15) is 0 Å². The van der Waals surface area contributed by atoms with Crippen LogP contribution in [-0.2, 0) is 0 Å². The van der Waals surface area contributed by atoms with Crippen molar-refractivity contribution in [3.63, 3.8) is 0 Å². The molecule has 0 radical (unpaired) electrons. The molecule has 1 unspecified atom stereocenters. The zero-order valence-electron chi connectivity index (χ0n) is 13.6. The molecule has 1 N–H and O–H groups in total. The first-order valence-electron chi connectivity index (χ1n) is 7.52. The van der Waals surface area contributed by atoms with Gasteiger partial charge in [-0.25, -0.2) is 4.98 Å². The quantitative estimate of drug-likeness (QED) is 0.894. The minimum absolute atomic E-state index is 0.337. The van der Waals surface area contributed by atoms with Gasteiger partial charge in [-0.05, 0) is 68.3 Å². The summed E-state index contributed by atoms with van der Waals surface area (Å²) in [5.74, 6) is 0.974. The number of benzene rings is 1. The standard InChI is InChI=1S/C18H25N3/c1-6-19-15(4)16-7-8-20-18(12-16)21(5)17-10-13(2)9-14(3)11-17/h7-12,15,19H,6H2,1-5H3. The highest BCUT2D eigenvalue weighted by Gasteiger charge is 2.10. The number of anilines is 2. The van der Waals surface area contributed by atoms with E-state index < -0.39 is 0 Å².